The molecule has 1 amide bonds. The van der Waals surface area contributed by atoms with E-state index in [0.29, 0.717) is 25.4 Å². The Morgan fingerprint density at radius 3 is 2.82 bits per heavy atom. The van der Waals surface area contributed by atoms with E-state index in [1.807, 2.05) is 0 Å². The minimum absolute atomic E-state index is 0.0495. The van der Waals surface area contributed by atoms with Crippen molar-refractivity contribution in [1.29, 1.82) is 5.26 Å². The van der Waals surface area contributed by atoms with E-state index >= 15 is 0 Å². The van der Waals surface area contributed by atoms with Gasteiger partial charge in [0.05, 0.1) is 12.1 Å². The first kappa shape index (κ1) is 19.1. The minimum Gasteiger partial charge on any atom is -0.325 e. The van der Waals surface area contributed by atoms with Crippen LogP contribution in [-0.4, -0.2) is 41.8 Å². The summed E-state index contributed by atoms with van der Waals surface area (Å²) in [5.41, 5.74) is 2.88. The standard InChI is InChI=1S/C23H29N3O2/c24-15-19-6-3-13-26(19)23(28)22-20(11-12-25-22)21(27)10-8-16-7-9-17-4-1-2-5-18(17)14-16/h1-2,4-5,16,19-20,22,25H,3,6-14H2/t16-,19-,20?,22+/m0/s1. The van der Waals surface area contributed by atoms with E-state index in [1.165, 1.54) is 11.1 Å². The molecule has 0 aromatic heterocycles. The molecule has 4 rings (SSSR count). The number of carbonyl (C=O) groups excluding carboxylic acids is 2. The summed E-state index contributed by atoms with van der Waals surface area (Å²) in [5, 5.41) is 12.5. The number of amides is 1. The summed E-state index contributed by atoms with van der Waals surface area (Å²) in [4.78, 5) is 27.6. The molecule has 2 saturated heterocycles. The third kappa shape index (κ3) is 3.84. The second-order valence-corrected chi connectivity index (χ2v) is 8.53. The lowest BCUT2D eigenvalue weighted by Crippen LogP contribution is -2.49. The number of aryl methyl sites for hydroxylation is 1. The molecule has 1 N–H and O–H groups in total. The molecule has 1 unspecified atom stereocenters. The molecule has 1 aromatic rings. The maximum Gasteiger partial charge on any atom is 0.241 e. The van der Waals surface area contributed by atoms with Crippen molar-refractivity contribution >= 4 is 11.7 Å². The number of nitrogens with zero attached hydrogens (tertiary/aromatic N) is 2. The zero-order chi connectivity index (χ0) is 19.5. The van der Waals surface area contributed by atoms with Crippen LogP contribution in [0.1, 0.15) is 49.7 Å². The minimum atomic E-state index is -0.437. The summed E-state index contributed by atoms with van der Waals surface area (Å²) in [6, 6.07) is 10.1. The Hall–Kier alpha value is -2.19. The van der Waals surface area contributed by atoms with Gasteiger partial charge in [-0.3, -0.25) is 9.59 Å². The molecule has 28 heavy (non-hydrogen) atoms. The van der Waals surface area contributed by atoms with Crippen molar-refractivity contribution in [1.82, 2.24) is 10.2 Å². The highest BCUT2D eigenvalue weighted by Gasteiger charge is 2.42. The molecule has 2 heterocycles. The van der Waals surface area contributed by atoms with Crippen LogP contribution in [0.15, 0.2) is 24.3 Å². The van der Waals surface area contributed by atoms with Gasteiger partial charge in [-0.05, 0) is 68.5 Å². The van der Waals surface area contributed by atoms with E-state index in [-0.39, 0.29) is 23.7 Å². The number of carbonyl (C=O) groups is 2. The molecule has 0 saturated carbocycles. The van der Waals surface area contributed by atoms with Crippen molar-refractivity contribution in [2.24, 2.45) is 11.8 Å². The van der Waals surface area contributed by atoms with Crippen LogP contribution in [0.5, 0.6) is 0 Å². The molecule has 1 aliphatic carbocycles. The molecule has 3 aliphatic rings. The van der Waals surface area contributed by atoms with Gasteiger partial charge in [-0.25, -0.2) is 0 Å². The van der Waals surface area contributed by atoms with E-state index in [2.05, 4.69) is 35.7 Å². The normalized spacial score (nSPS) is 29.3. The van der Waals surface area contributed by atoms with Gasteiger partial charge in [0.1, 0.15) is 11.8 Å². The summed E-state index contributed by atoms with van der Waals surface area (Å²) in [6.45, 7) is 1.34. The smallest absolute Gasteiger partial charge is 0.241 e. The summed E-state index contributed by atoms with van der Waals surface area (Å²) in [7, 11) is 0. The highest BCUT2D eigenvalue weighted by atomic mass is 16.2. The van der Waals surface area contributed by atoms with Crippen LogP contribution in [0.2, 0.25) is 0 Å². The molecule has 0 bridgehead atoms. The Bertz CT molecular complexity index is 784. The van der Waals surface area contributed by atoms with Crippen LogP contribution in [0.25, 0.3) is 0 Å². The Labute approximate surface area is 167 Å². The number of Topliss-reactive ketones (excluding diaryl/α,β-unsaturated/α-hetero) is 1. The first-order valence-electron chi connectivity index (χ1n) is 10.7. The van der Waals surface area contributed by atoms with Crippen LogP contribution in [0, 0.1) is 23.2 Å². The number of ketones is 1. The first-order valence-corrected chi connectivity index (χ1v) is 10.7. The van der Waals surface area contributed by atoms with E-state index in [9.17, 15) is 14.9 Å². The SMILES string of the molecule is N#C[C@@H]1CCCN1C(=O)[C@@H]1NCCC1C(=O)CC[C@@H]1CCc2ccccc2C1. The predicted octanol–water partition coefficient (Wildman–Crippen LogP) is 2.63. The molecule has 2 fully saturated rings. The van der Waals surface area contributed by atoms with Gasteiger partial charge in [-0.2, -0.15) is 5.26 Å². The fourth-order valence-corrected chi connectivity index (χ4v) is 5.20. The molecule has 0 spiro atoms. The highest BCUT2D eigenvalue weighted by Crippen LogP contribution is 2.30. The van der Waals surface area contributed by atoms with Crippen molar-refractivity contribution in [3.63, 3.8) is 0 Å². The Morgan fingerprint density at radius 1 is 1.18 bits per heavy atom. The number of likely N-dealkylation sites (tertiary alicyclic amines) is 1. The van der Waals surface area contributed by atoms with Gasteiger partial charge in [0.2, 0.25) is 5.91 Å². The van der Waals surface area contributed by atoms with Gasteiger partial charge in [-0.1, -0.05) is 24.3 Å². The fourth-order valence-electron chi connectivity index (χ4n) is 5.20. The number of nitriles is 1. The van der Waals surface area contributed by atoms with Crippen LogP contribution < -0.4 is 5.32 Å². The Balaban J connectivity index is 1.33. The third-order valence-corrected chi connectivity index (χ3v) is 6.83. The zero-order valence-corrected chi connectivity index (χ0v) is 16.4. The third-order valence-electron chi connectivity index (χ3n) is 6.83. The zero-order valence-electron chi connectivity index (χ0n) is 16.4. The van der Waals surface area contributed by atoms with Gasteiger partial charge in [-0.15, -0.1) is 0 Å². The van der Waals surface area contributed by atoms with Crippen molar-refractivity contribution < 1.29 is 9.59 Å². The Morgan fingerprint density at radius 2 is 2.00 bits per heavy atom. The van der Waals surface area contributed by atoms with E-state index in [0.717, 1.165) is 44.9 Å². The summed E-state index contributed by atoms with van der Waals surface area (Å²) >= 11 is 0. The predicted molar refractivity (Wildman–Crippen MR) is 106 cm³/mol. The quantitative estimate of drug-likeness (QED) is 0.854. The van der Waals surface area contributed by atoms with Crippen LogP contribution in [-0.2, 0) is 22.4 Å². The lowest BCUT2D eigenvalue weighted by molar-refractivity contribution is -0.137. The monoisotopic (exact) mass is 379 g/mol. The van der Waals surface area contributed by atoms with Crippen molar-refractivity contribution in [3.8, 4) is 6.07 Å². The number of hydrogen-bond donors (Lipinski definition) is 1. The van der Waals surface area contributed by atoms with Gasteiger partial charge in [0, 0.05) is 18.9 Å². The van der Waals surface area contributed by atoms with Gasteiger partial charge in [0.25, 0.3) is 0 Å². The van der Waals surface area contributed by atoms with Crippen molar-refractivity contribution in [3.05, 3.63) is 35.4 Å². The highest BCUT2D eigenvalue weighted by molar-refractivity contribution is 5.92. The summed E-state index contributed by atoms with van der Waals surface area (Å²) < 4.78 is 0. The fraction of sp³-hybridized carbons (Fsp3) is 0.609. The van der Waals surface area contributed by atoms with Gasteiger partial charge in [0.15, 0.2) is 0 Å². The van der Waals surface area contributed by atoms with Gasteiger partial charge >= 0.3 is 0 Å². The molecular formula is C23H29N3O2. The van der Waals surface area contributed by atoms with Crippen LogP contribution in [0.4, 0.5) is 0 Å². The van der Waals surface area contributed by atoms with Gasteiger partial charge < -0.3 is 10.2 Å². The van der Waals surface area contributed by atoms with Crippen molar-refractivity contribution in [2.45, 2.75) is 63.5 Å². The van der Waals surface area contributed by atoms with Crippen LogP contribution in [0.3, 0.4) is 0 Å². The molecule has 4 atom stereocenters. The number of benzene rings is 1. The lowest BCUT2D eigenvalue weighted by atomic mass is 9.80. The van der Waals surface area contributed by atoms with Crippen molar-refractivity contribution in [2.75, 3.05) is 13.1 Å². The van der Waals surface area contributed by atoms with Crippen LogP contribution >= 0.6 is 0 Å². The summed E-state index contributed by atoms with van der Waals surface area (Å²) in [5.74, 6) is 0.494. The van der Waals surface area contributed by atoms with E-state index < -0.39 is 6.04 Å². The van der Waals surface area contributed by atoms with E-state index in [4.69, 9.17) is 0 Å². The number of nitrogens with one attached hydrogen (secondary N) is 1. The largest absolute Gasteiger partial charge is 0.325 e. The molecule has 5 heteroatoms. The maximum absolute atomic E-state index is 12.9. The molecule has 0 radical (unpaired) electrons. The molecule has 1 aromatic carbocycles. The molecule has 5 nitrogen and oxygen atoms in total. The number of hydrogen-bond acceptors (Lipinski definition) is 4. The maximum atomic E-state index is 12.9. The average Bonchev–Trinajstić information content (AvgIpc) is 3.40. The topological polar surface area (TPSA) is 73.2 Å². The van der Waals surface area contributed by atoms with E-state index in [1.54, 1.807) is 4.90 Å². The average molecular weight is 380 g/mol. The number of fused-ring (bicyclic) bond motifs is 1. The second-order valence-electron chi connectivity index (χ2n) is 8.53. The molecule has 148 valence electrons. The Kier molecular flexibility index (Phi) is 5.77. The lowest BCUT2D eigenvalue weighted by Gasteiger charge is -2.27. The second kappa shape index (κ2) is 8.45. The number of rotatable bonds is 5. The summed E-state index contributed by atoms with van der Waals surface area (Å²) in [6.07, 6.45) is 7.13. The molecule has 2 aliphatic heterocycles. The molecular weight excluding hydrogens is 350 g/mol. The first-order chi connectivity index (χ1) is 13.7.